The summed E-state index contributed by atoms with van der Waals surface area (Å²) in [6, 6.07) is 25.0. The van der Waals surface area contributed by atoms with Gasteiger partial charge in [-0.05, 0) is 0 Å². The second kappa shape index (κ2) is 10.0. The number of carboxylic acids is 1. The molecular weight excluding hydrogens is 415 g/mol. The van der Waals surface area contributed by atoms with E-state index in [-0.39, 0.29) is 18.0 Å². The van der Waals surface area contributed by atoms with E-state index >= 15 is 0 Å². The molecule has 0 aliphatic rings. The van der Waals surface area contributed by atoms with Gasteiger partial charge in [0, 0.05) is 0 Å². The first-order valence-electron chi connectivity index (χ1n) is 8.93. The Hall–Kier alpha value is -2.68. The van der Waals surface area contributed by atoms with Crippen molar-refractivity contribution in [1.29, 1.82) is 0 Å². The Labute approximate surface area is 170 Å². The Balaban J connectivity index is 1.51. The molecule has 0 radical (unpaired) electrons. The van der Waals surface area contributed by atoms with E-state index in [2.05, 4.69) is 18.2 Å². The number of hydrogen-bond acceptors (Lipinski definition) is 3. The number of ether oxygens (including phenoxy) is 1. The Morgan fingerprint density at radius 1 is 0.893 bits per heavy atom. The monoisotopic (exact) mass is 436 g/mol. The van der Waals surface area contributed by atoms with E-state index in [0.29, 0.717) is 11.8 Å². The number of rotatable bonds is 9. The van der Waals surface area contributed by atoms with Gasteiger partial charge in [0.25, 0.3) is 0 Å². The van der Waals surface area contributed by atoms with E-state index < -0.39 is 21.7 Å². The predicted octanol–water partition coefficient (Wildman–Crippen LogP) is 3.32. The number of carbonyl (C=O) groups excluding carboxylic acids is 1. The number of carbonyl (C=O) groups is 2. The molecule has 1 N–H and O–H groups in total. The third kappa shape index (κ3) is 5.66. The fraction of sp³-hybridized carbons (Fsp3) is 0.130. The van der Waals surface area contributed by atoms with E-state index in [1.807, 2.05) is 42.5 Å². The Kier molecular flexibility index (Phi) is 7.18. The van der Waals surface area contributed by atoms with Crippen LogP contribution in [0.2, 0.25) is 5.21 Å². The summed E-state index contributed by atoms with van der Waals surface area (Å²) in [5.74, 6) is -0.891. The van der Waals surface area contributed by atoms with E-state index in [9.17, 15) is 9.59 Å². The summed E-state index contributed by atoms with van der Waals surface area (Å²) >= 11 is -0.711. The van der Waals surface area contributed by atoms with Crippen molar-refractivity contribution in [3.63, 3.8) is 0 Å². The van der Waals surface area contributed by atoms with Gasteiger partial charge in [0.1, 0.15) is 0 Å². The van der Waals surface area contributed by atoms with Crippen LogP contribution in [0.5, 0.6) is 0 Å². The number of ketones is 1. The van der Waals surface area contributed by atoms with Crippen LogP contribution < -0.4 is 4.35 Å². The van der Waals surface area contributed by atoms with Crippen LogP contribution in [-0.4, -0.2) is 39.2 Å². The van der Waals surface area contributed by atoms with Crippen molar-refractivity contribution in [2.45, 2.75) is 11.8 Å². The van der Waals surface area contributed by atoms with Gasteiger partial charge >= 0.3 is 171 Å². The number of Topliss-reactive ketones (excluding diaryl/α,β-unsaturated/α-hetero) is 1. The van der Waals surface area contributed by atoms with Crippen molar-refractivity contribution in [1.82, 2.24) is 0 Å². The number of aromatic carboxylic acids is 1. The summed E-state index contributed by atoms with van der Waals surface area (Å²) in [6.07, 6.45) is 0. The van der Waals surface area contributed by atoms with Crippen LogP contribution in [0, 0.1) is 0 Å². The van der Waals surface area contributed by atoms with Crippen molar-refractivity contribution < 1.29 is 19.4 Å². The molecule has 0 saturated heterocycles. The molecule has 0 aliphatic heterocycles. The van der Waals surface area contributed by atoms with Crippen LogP contribution in [0.4, 0.5) is 0 Å². The van der Waals surface area contributed by atoms with Crippen molar-refractivity contribution in [3.8, 4) is 11.1 Å². The van der Waals surface area contributed by atoms with Crippen LogP contribution >= 0.6 is 0 Å². The molecule has 0 aromatic heterocycles. The first-order valence-corrected chi connectivity index (χ1v) is 11.5. The standard InChI is InChI=1S/C23H21AsO4/c25-21(14-24-20-11-6-10-18(13-20)23(26)27)16-28-15-19-9-4-5-12-22(19)17-7-2-1-3-8-17/h1-13,24H,14-16H2,(H,26,27). The van der Waals surface area contributed by atoms with Gasteiger partial charge < -0.3 is 0 Å². The zero-order chi connectivity index (χ0) is 19.8. The van der Waals surface area contributed by atoms with E-state index in [1.54, 1.807) is 18.2 Å². The summed E-state index contributed by atoms with van der Waals surface area (Å²) in [7, 11) is 0. The van der Waals surface area contributed by atoms with Gasteiger partial charge in [-0.2, -0.15) is 0 Å². The molecular formula is C23H21AsO4. The molecule has 4 nitrogen and oxygen atoms in total. The van der Waals surface area contributed by atoms with Crippen molar-refractivity contribution in [2.75, 3.05) is 6.61 Å². The molecule has 3 rings (SSSR count). The fourth-order valence-corrected chi connectivity index (χ4v) is 4.88. The predicted molar refractivity (Wildman–Crippen MR) is 112 cm³/mol. The molecule has 0 saturated carbocycles. The Morgan fingerprint density at radius 3 is 2.43 bits per heavy atom. The first-order chi connectivity index (χ1) is 13.6. The number of benzene rings is 3. The van der Waals surface area contributed by atoms with E-state index in [1.165, 1.54) is 0 Å². The van der Waals surface area contributed by atoms with E-state index in [0.717, 1.165) is 21.0 Å². The average Bonchev–Trinajstić information content (AvgIpc) is 2.73. The molecule has 5 heteroatoms. The van der Waals surface area contributed by atoms with Gasteiger partial charge in [-0.3, -0.25) is 0 Å². The van der Waals surface area contributed by atoms with Crippen molar-refractivity contribution >= 4 is 31.9 Å². The summed E-state index contributed by atoms with van der Waals surface area (Å²) in [5, 5.41) is 9.49. The van der Waals surface area contributed by atoms with Crippen molar-refractivity contribution in [3.05, 3.63) is 90.0 Å². The number of hydrogen-bond donors (Lipinski definition) is 1. The second-order valence-corrected chi connectivity index (χ2v) is 8.99. The summed E-state index contributed by atoms with van der Waals surface area (Å²) < 4.78 is 6.63. The summed E-state index contributed by atoms with van der Waals surface area (Å²) in [4.78, 5) is 23.2. The third-order valence-electron chi connectivity index (χ3n) is 4.22. The Morgan fingerprint density at radius 2 is 1.64 bits per heavy atom. The molecule has 1 atom stereocenters. The van der Waals surface area contributed by atoms with Crippen LogP contribution in [0.1, 0.15) is 15.9 Å². The quantitative estimate of drug-likeness (QED) is 0.523. The molecule has 0 aliphatic carbocycles. The van der Waals surface area contributed by atoms with Gasteiger partial charge in [-0.15, -0.1) is 0 Å². The van der Waals surface area contributed by atoms with Crippen LogP contribution in [0.15, 0.2) is 78.9 Å². The van der Waals surface area contributed by atoms with Gasteiger partial charge in [0.05, 0.1) is 0 Å². The fourth-order valence-electron chi connectivity index (χ4n) is 2.83. The Bertz CT molecular complexity index is 954. The molecule has 0 heterocycles. The van der Waals surface area contributed by atoms with Crippen LogP contribution in [0.3, 0.4) is 0 Å². The first kappa shape index (κ1) is 20.1. The van der Waals surface area contributed by atoms with Gasteiger partial charge in [-0.1, -0.05) is 0 Å². The molecule has 3 aromatic carbocycles. The molecule has 0 amide bonds. The molecule has 28 heavy (non-hydrogen) atoms. The van der Waals surface area contributed by atoms with Crippen LogP contribution in [-0.2, 0) is 16.1 Å². The molecule has 1 unspecified atom stereocenters. The average molecular weight is 436 g/mol. The normalized spacial score (nSPS) is 11.0. The molecule has 142 valence electrons. The zero-order valence-electron chi connectivity index (χ0n) is 15.3. The van der Waals surface area contributed by atoms with Crippen LogP contribution in [0.25, 0.3) is 11.1 Å². The zero-order valence-corrected chi connectivity index (χ0v) is 17.4. The maximum atomic E-state index is 12.2. The minimum absolute atomic E-state index is 0.0536. The summed E-state index contributed by atoms with van der Waals surface area (Å²) in [6.45, 7) is 0.455. The number of carboxylic acid groups (broad SMARTS) is 1. The van der Waals surface area contributed by atoms with Gasteiger partial charge in [0.15, 0.2) is 0 Å². The van der Waals surface area contributed by atoms with E-state index in [4.69, 9.17) is 9.84 Å². The topological polar surface area (TPSA) is 63.6 Å². The molecule has 0 bridgehead atoms. The minimum atomic E-state index is -0.944. The summed E-state index contributed by atoms with van der Waals surface area (Å²) in [5.41, 5.74) is 3.54. The second-order valence-electron chi connectivity index (χ2n) is 6.29. The molecule has 0 spiro atoms. The van der Waals surface area contributed by atoms with Crippen molar-refractivity contribution in [2.24, 2.45) is 0 Å². The molecule has 0 fully saturated rings. The molecule has 3 aromatic rings. The SMILES string of the molecule is O=C(COCc1ccccc1-c1ccccc1)C[AsH]c1cccc(C(=O)O)c1. The maximum absolute atomic E-state index is 12.2. The third-order valence-corrected chi connectivity index (χ3v) is 6.93. The van der Waals surface area contributed by atoms with Gasteiger partial charge in [0.2, 0.25) is 0 Å². The van der Waals surface area contributed by atoms with Gasteiger partial charge in [-0.25, -0.2) is 0 Å².